The van der Waals surface area contributed by atoms with E-state index >= 15 is 0 Å². The summed E-state index contributed by atoms with van der Waals surface area (Å²) in [6.07, 6.45) is 1.58. The van der Waals surface area contributed by atoms with Gasteiger partial charge in [0, 0.05) is 6.21 Å². The van der Waals surface area contributed by atoms with Gasteiger partial charge in [-0.3, -0.25) is 0 Å². The van der Waals surface area contributed by atoms with Crippen LogP contribution >= 0.6 is 0 Å². The van der Waals surface area contributed by atoms with Gasteiger partial charge >= 0.3 is 5.97 Å². The van der Waals surface area contributed by atoms with Gasteiger partial charge < -0.3 is 4.74 Å². The Morgan fingerprint density at radius 2 is 2.18 bits per heavy atom. The van der Waals surface area contributed by atoms with Crippen LogP contribution in [0, 0.1) is 0 Å². The number of H-pyrrole nitrogens is 1. The Balaban J connectivity index is 2.11. The second kappa shape index (κ2) is 4.97. The first kappa shape index (κ1) is 10.9. The van der Waals surface area contributed by atoms with E-state index < -0.39 is 0 Å². The Bertz CT molecular complexity index is 518. The van der Waals surface area contributed by atoms with E-state index in [1.54, 1.807) is 30.5 Å². The van der Waals surface area contributed by atoms with E-state index in [1.165, 1.54) is 7.11 Å². The van der Waals surface area contributed by atoms with Crippen LogP contribution in [0.25, 0.3) is 0 Å². The van der Waals surface area contributed by atoms with Crippen LogP contribution < -0.4 is 0 Å². The topological polar surface area (TPSA) is 93.1 Å². The van der Waals surface area contributed by atoms with Crippen LogP contribution in [0.2, 0.25) is 0 Å². The van der Waals surface area contributed by atoms with Crippen molar-refractivity contribution in [3.8, 4) is 0 Å². The molecule has 0 bridgehead atoms. The first-order valence-corrected chi connectivity index (χ1v) is 4.75. The molecule has 0 fully saturated rings. The quantitative estimate of drug-likeness (QED) is 0.621. The van der Waals surface area contributed by atoms with Crippen LogP contribution in [0.5, 0.6) is 0 Å². The molecule has 0 saturated carbocycles. The molecule has 1 aromatic heterocycles. The summed E-state index contributed by atoms with van der Waals surface area (Å²) in [7, 11) is 1.34. The van der Waals surface area contributed by atoms with Gasteiger partial charge in [0.25, 0.3) is 5.95 Å². The molecular formula is C10H9N5O2. The molecule has 0 aliphatic heterocycles. The van der Waals surface area contributed by atoms with Crippen LogP contribution in [-0.2, 0) is 4.74 Å². The molecule has 86 valence electrons. The monoisotopic (exact) mass is 231 g/mol. The number of benzene rings is 1. The average molecular weight is 231 g/mol. The molecule has 1 aromatic carbocycles. The maximum absolute atomic E-state index is 11.2. The van der Waals surface area contributed by atoms with Gasteiger partial charge in [-0.2, -0.15) is 5.21 Å². The van der Waals surface area contributed by atoms with Crippen LogP contribution in [0.4, 0.5) is 5.95 Å². The van der Waals surface area contributed by atoms with Gasteiger partial charge in [0.2, 0.25) is 0 Å². The zero-order chi connectivity index (χ0) is 12.1. The van der Waals surface area contributed by atoms with Crippen molar-refractivity contribution >= 4 is 18.1 Å². The lowest BCUT2D eigenvalue weighted by Gasteiger charge is -1.98. The zero-order valence-electron chi connectivity index (χ0n) is 8.99. The highest BCUT2D eigenvalue weighted by molar-refractivity contribution is 5.90. The average Bonchev–Trinajstić information content (AvgIpc) is 2.89. The molecule has 0 saturated heterocycles. The van der Waals surface area contributed by atoms with Gasteiger partial charge in [0.15, 0.2) is 0 Å². The molecular weight excluding hydrogens is 222 g/mol. The summed E-state index contributed by atoms with van der Waals surface area (Å²) >= 11 is 0. The summed E-state index contributed by atoms with van der Waals surface area (Å²) in [5, 5.41) is 13.0. The Hall–Kier alpha value is -2.57. The number of hydrogen-bond acceptors (Lipinski definition) is 6. The van der Waals surface area contributed by atoms with E-state index in [-0.39, 0.29) is 11.9 Å². The maximum Gasteiger partial charge on any atom is 0.337 e. The minimum Gasteiger partial charge on any atom is -0.465 e. The van der Waals surface area contributed by atoms with E-state index in [2.05, 4.69) is 30.4 Å². The number of aliphatic imine (C=N–C) groups is 1. The molecule has 7 nitrogen and oxygen atoms in total. The standard InChI is InChI=1S/C10H9N5O2/c1-17-9(16)8-4-2-7(3-5-8)6-11-10-12-14-15-13-10/h2-6H,1H3,(H,12,13,14,15). The molecule has 7 heteroatoms. The highest BCUT2D eigenvalue weighted by Crippen LogP contribution is 2.05. The van der Waals surface area contributed by atoms with Gasteiger partial charge in [-0.25, -0.2) is 9.79 Å². The molecule has 0 atom stereocenters. The Morgan fingerprint density at radius 3 is 2.76 bits per heavy atom. The number of nitrogens with zero attached hydrogens (tertiary/aromatic N) is 4. The van der Waals surface area contributed by atoms with E-state index in [9.17, 15) is 4.79 Å². The summed E-state index contributed by atoms with van der Waals surface area (Å²) in [4.78, 5) is 15.2. The second-order valence-electron chi connectivity index (χ2n) is 3.08. The minimum absolute atomic E-state index is 0.252. The Kier molecular flexibility index (Phi) is 3.20. The van der Waals surface area contributed by atoms with Crippen LogP contribution in [0.15, 0.2) is 29.3 Å². The van der Waals surface area contributed by atoms with E-state index in [1.807, 2.05) is 0 Å². The summed E-state index contributed by atoms with van der Waals surface area (Å²) in [6.45, 7) is 0. The fraction of sp³-hybridized carbons (Fsp3) is 0.100. The van der Waals surface area contributed by atoms with Gasteiger partial charge in [-0.15, -0.1) is 5.10 Å². The predicted octanol–water partition coefficient (Wildman–Crippen LogP) is 0.737. The first-order chi connectivity index (χ1) is 8.29. The lowest BCUT2D eigenvalue weighted by atomic mass is 10.1. The minimum atomic E-state index is -0.369. The third-order valence-electron chi connectivity index (χ3n) is 2.00. The fourth-order valence-electron chi connectivity index (χ4n) is 1.17. The maximum atomic E-state index is 11.2. The van der Waals surface area contributed by atoms with Crippen molar-refractivity contribution in [1.29, 1.82) is 0 Å². The second-order valence-corrected chi connectivity index (χ2v) is 3.08. The Morgan fingerprint density at radius 1 is 1.41 bits per heavy atom. The van der Waals surface area contributed by atoms with Gasteiger partial charge in [0.1, 0.15) is 0 Å². The molecule has 0 amide bonds. The van der Waals surface area contributed by atoms with E-state index in [0.29, 0.717) is 5.56 Å². The number of ether oxygens (including phenoxy) is 1. The third-order valence-corrected chi connectivity index (χ3v) is 2.00. The Labute approximate surface area is 96.5 Å². The molecule has 0 unspecified atom stereocenters. The zero-order valence-corrected chi connectivity index (χ0v) is 8.99. The number of methoxy groups -OCH3 is 1. The fourth-order valence-corrected chi connectivity index (χ4v) is 1.17. The highest BCUT2D eigenvalue weighted by Gasteiger charge is 2.03. The van der Waals surface area contributed by atoms with Crippen molar-refractivity contribution in [3.05, 3.63) is 35.4 Å². The van der Waals surface area contributed by atoms with E-state index in [4.69, 9.17) is 0 Å². The van der Waals surface area contributed by atoms with E-state index in [0.717, 1.165) is 5.56 Å². The SMILES string of the molecule is COC(=O)c1ccc(C=Nc2nn[nH]n2)cc1. The molecule has 17 heavy (non-hydrogen) atoms. The van der Waals surface area contributed by atoms with Crippen molar-refractivity contribution < 1.29 is 9.53 Å². The number of aromatic nitrogens is 4. The molecule has 0 radical (unpaired) electrons. The number of nitrogens with one attached hydrogen (secondary N) is 1. The molecule has 0 aliphatic carbocycles. The normalized spacial score (nSPS) is 10.6. The van der Waals surface area contributed by atoms with Crippen molar-refractivity contribution in [1.82, 2.24) is 20.6 Å². The summed E-state index contributed by atoms with van der Waals surface area (Å²) in [6, 6.07) is 6.80. The smallest absolute Gasteiger partial charge is 0.337 e. The van der Waals surface area contributed by atoms with Crippen LogP contribution in [-0.4, -0.2) is 39.9 Å². The molecule has 1 heterocycles. The predicted molar refractivity (Wildman–Crippen MR) is 59.2 cm³/mol. The van der Waals surface area contributed by atoms with Crippen molar-refractivity contribution in [2.24, 2.45) is 4.99 Å². The van der Waals surface area contributed by atoms with Crippen molar-refractivity contribution in [2.75, 3.05) is 7.11 Å². The number of hydrogen-bond donors (Lipinski definition) is 1. The molecule has 1 N–H and O–H groups in total. The number of tetrazole rings is 1. The summed E-state index contributed by atoms with van der Waals surface area (Å²) < 4.78 is 4.59. The largest absolute Gasteiger partial charge is 0.465 e. The van der Waals surface area contributed by atoms with Crippen molar-refractivity contribution in [3.63, 3.8) is 0 Å². The number of esters is 1. The van der Waals surface area contributed by atoms with Crippen LogP contribution in [0.3, 0.4) is 0 Å². The lowest BCUT2D eigenvalue weighted by Crippen LogP contribution is -2.00. The number of rotatable bonds is 3. The molecule has 2 aromatic rings. The first-order valence-electron chi connectivity index (χ1n) is 4.75. The summed E-state index contributed by atoms with van der Waals surface area (Å²) in [5.74, 6) is -0.117. The highest BCUT2D eigenvalue weighted by atomic mass is 16.5. The molecule has 2 rings (SSSR count). The number of carbonyl (C=O) groups is 1. The number of carbonyl (C=O) groups excluding carboxylic acids is 1. The van der Waals surface area contributed by atoms with Crippen LogP contribution in [0.1, 0.15) is 15.9 Å². The van der Waals surface area contributed by atoms with Gasteiger partial charge in [-0.1, -0.05) is 17.2 Å². The third kappa shape index (κ3) is 2.71. The number of aromatic amines is 1. The summed E-state index contributed by atoms with van der Waals surface area (Å²) in [5.41, 5.74) is 1.31. The van der Waals surface area contributed by atoms with Crippen molar-refractivity contribution in [2.45, 2.75) is 0 Å². The van der Waals surface area contributed by atoms with Gasteiger partial charge in [-0.05, 0) is 22.9 Å². The lowest BCUT2D eigenvalue weighted by molar-refractivity contribution is 0.0601. The van der Waals surface area contributed by atoms with Gasteiger partial charge in [0.05, 0.1) is 12.7 Å². The molecule has 0 spiro atoms. The molecule has 0 aliphatic rings.